The van der Waals surface area contributed by atoms with Crippen molar-refractivity contribution >= 4 is 17.5 Å². The molecule has 4 nitrogen and oxygen atoms in total. The zero-order valence-electron chi connectivity index (χ0n) is 9.88. The number of aromatic nitrogens is 2. The third-order valence-corrected chi connectivity index (χ3v) is 2.84. The quantitative estimate of drug-likeness (QED) is 0.801. The zero-order chi connectivity index (χ0) is 13.1. The standard InChI is InChI=1S/C12H11FN2O2S/c1-7(2)17-12(16)11-10(14-15-18-11)8-3-5-9(13)6-4-8/h3-7H,1-2H3. The molecule has 1 aromatic heterocycles. The molecular weight excluding hydrogens is 255 g/mol. The van der Waals surface area contributed by atoms with Gasteiger partial charge in [0.15, 0.2) is 4.88 Å². The Morgan fingerprint density at radius 3 is 2.61 bits per heavy atom. The fourth-order valence-corrected chi connectivity index (χ4v) is 1.96. The molecule has 0 bridgehead atoms. The molecular formula is C12H11FN2O2S. The van der Waals surface area contributed by atoms with Crippen molar-refractivity contribution in [1.29, 1.82) is 0 Å². The van der Waals surface area contributed by atoms with Gasteiger partial charge < -0.3 is 4.74 Å². The lowest BCUT2D eigenvalue weighted by atomic mass is 10.1. The lowest BCUT2D eigenvalue weighted by Crippen LogP contribution is -2.11. The normalized spacial score (nSPS) is 10.7. The van der Waals surface area contributed by atoms with E-state index in [1.807, 2.05) is 0 Å². The van der Waals surface area contributed by atoms with Gasteiger partial charge in [-0.25, -0.2) is 9.18 Å². The summed E-state index contributed by atoms with van der Waals surface area (Å²) < 4.78 is 21.7. The molecule has 0 aliphatic heterocycles. The molecule has 0 aliphatic rings. The highest BCUT2D eigenvalue weighted by molar-refractivity contribution is 7.08. The summed E-state index contributed by atoms with van der Waals surface area (Å²) in [5.74, 6) is -0.799. The summed E-state index contributed by atoms with van der Waals surface area (Å²) in [5, 5.41) is 3.89. The second kappa shape index (κ2) is 5.22. The Bertz CT molecular complexity index is 551. The highest BCUT2D eigenvalue weighted by atomic mass is 32.1. The first kappa shape index (κ1) is 12.6. The van der Waals surface area contributed by atoms with Crippen molar-refractivity contribution in [1.82, 2.24) is 9.59 Å². The van der Waals surface area contributed by atoms with Crippen LogP contribution in [0.4, 0.5) is 4.39 Å². The molecule has 0 fully saturated rings. The van der Waals surface area contributed by atoms with Crippen molar-refractivity contribution in [2.24, 2.45) is 0 Å². The first-order chi connectivity index (χ1) is 8.58. The van der Waals surface area contributed by atoms with Crippen molar-refractivity contribution in [2.45, 2.75) is 20.0 Å². The van der Waals surface area contributed by atoms with Gasteiger partial charge in [-0.2, -0.15) is 0 Å². The predicted molar refractivity (Wildman–Crippen MR) is 65.9 cm³/mol. The van der Waals surface area contributed by atoms with Crippen molar-refractivity contribution in [2.75, 3.05) is 0 Å². The summed E-state index contributed by atoms with van der Waals surface area (Å²) in [4.78, 5) is 12.1. The SMILES string of the molecule is CC(C)OC(=O)c1snnc1-c1ccc(F)cc1. The van der Waals surface area contributed by atoms with Crippen LogP contribution in [0.2, 0.25) is 0 Å². The van der Waals surface area contributed by atoms with Gasteiger partial charge in [-0.3, -0.25) is 0 Å². The Hall–Kier alpha value is -1.82. The van der Waals surface area contributed by atoms with Crippen LogP contribution in [0.1, 0.15) is 23.5 Å². The molecule has 0 unspecified atom stereocenters. The first-order valence-electron chi connectivity index (χ1n) is 5.37. The van der Waals surface area contributed by atoms with Crippen molar-refractivity contribution in [3.8, 4) is 11.3 Å². The Morgan fingerprint density at radius 2 is 2.00 bits per heavy atom. The number of ether oxygens (including phenoxy) is 1. The molecule has 0 saturated heterocycles. The van der Waals surface area contributed by atoms with Crippen LogP contribution in [0.25, 0.3) is 11.3 Å². The van der Waals surface area contributed by atoms with E-state index >= 15 is 0 Å². The topological polar surface area (TPSA) is 52.1 Å². The van der Waals surface area contributed by atoms with E-state index in [-0.39, 0.29) is 11.9 Å². The van der Waals surface area contributed by atoms with Gasteiger partial charge in [0.1, 0.15) is 11.5 Å². The second-order valence-corrected chi connectivity index (χ2v) is 4.67. The van der Waals surface area contributed by atoms with Gasteiger partial charge in [0.05, 0.1) is 6.10 Å². The molecule has 18 heavy (non-hydrogen) atoms. The molecule has 0 N–H and O–H groups in total. The number of esters is 1. The van der Waals surface area contributed by atoms with Crippen molar-refractivity contribution < 1.29 is 13.9 Å². The van der Waals surface area contributed by atoms with Crippen LogP contribution < -0.4 is 0 Å². The summed E-state index contributed by atoms with van der Waals surface area (Å²) in [6.45, 7) is 3.54. The van der Waals surface area contributed by atoms with E-state index in [9.17, 15) is 9.18 Å². The van der Waals surface area contributed by atoms with Crippen LogP contribution in [-0.2, 0) is 4.74 Å². The van der Waals surface area contributed by atoms with Gasteiger partial charge in [-0.1, -0.05) is 4.49 Å². The van der Waals surface area contributed by atoms with Crippen LogP contribution >= 0.6 is 11.5 Å². The lowest BCUT2D eigenvalue weighted by Gasteiger charge is -2.06. The van der Waals surface area contributed by atoms with Crippen LogP contribution in [0, 0.1) is 5.82 Å². The number of benzene rings is 1. The van der Waals surface area contributed by atoms with Crippen molar-refractivity contribution in [3.63, 3.8) is 0 Å². The van der Waals surface area contributed by atoms with E-state index in [1.165, 1.54) is 12.1 Å². The second-order valence-electron chi connectivity index (χ2n) is 3.91. The minimum absolute atomic E-state index is 0.208. The van der Waals surface area contributed by atoms with E-state index in [2.05, 4.69) is 9.59 Å². The largest absolute Gasteiger partial charge is 0.459 e. The summed E-state index contributed by atoms with van der Waals surface area (Å²) in [6, 6.07) is 5.73. The maximum Gasteiger partial charge on any atom is 0.352 e. The number of nitrogens with zero attached hydrogens (tertiary/aromatic N) is 2. The number of hydrogen-bond acceptors (Lipinski definition) is 5. The van der Waals surface area contributed by atoms with Gasteiger partial charge >= 0.3 is 5.97 Å². The molecule has 0 spiro atoms. The molecule has 2 rings (SSSR count). The number of carbonyl (C=O) groups excluding carboxylic acids is 1. The minimum atomic E-state index is -0.459. The first-order valence-corrected chi connectivity index (χ1v) is 6.14. The van der Waals surface area contributed by atoms with E-state index in [0.29, 0.717) is 16.1 Å². The van der Waals surface area contributed by atoms with Gasteiger partial charge in [-0.05, 0) is 49.6 Å². The Kier molecular flexibility index (Phi) is 3.66. The number of rotatable bonds is 3. The molecule has 0 radical (unpaired) electrons. The molecule has 2 aromatic rings. The third-order valence-electron chi connectivity index (χ3n) is 2.13. The molecule has 94 valence electrons. The summed E-state index contributed by atoms with van der Waals surface area (Å²) in [5.41, 5.74) is 1.06. The monoisotopic (exact) mass is 266 g/mol. The van der Waals surface area contributed by atoms with Gasteiger partial charge in [0.2, 0.25) is 0 Å². The zero-order valence-corrected chi connectivity index (χ0v) is 10.7. The van der Waals surface area contributed by atoms with Gasteiger partial charge in [0.25, 0.3) is 0 Å². The molecule has 0 saturated carbocycles. The summed E-state index contributed by atoms with van der Waals surface area (Å²) >= 11 is 0.969. The van der Waals surface area contributed by atoms with E-state index in [0.717, 1.165) is 11.5 Å². The van der Waals surface area contributed by atoms with Crippen LogP contribution in [-0.4, -0.2) is 21.7 Å². The van der Waals surface area contributed by atoms with Crippen LogP contribution in [0.5, 0.6) is 0 Å². The van der Waals surface area contributed by atoms with E-state index in [1.54, 1.807) is 26.0 Å². The fraction of sp³-hybridized carbons (Fsp3) is 0.250. The average Bonchev–Trinajstić information content (AvgIpc) is 2.78. The fourth-order valence-electron chi connectivity index (χ4n) is 1.39. The highest BCUT2D eigenvalue weighted by Gasteiger charge is 2.20. The summed E-state index contributed by atoms with van der Waals surface area (Å²) in [6.07, 6.45) is -0.208. The smallest absolute Gasteiger partial charge is 0.352 e. The van der Waals surface area contributed by atoms with Crippen molar-refractivity contribution in [3.05, 3.63) is 35.0 Å². The molecule has 0 aliphatic carbocycles. The number of carbonyl (C=O) groups is 1. The number of halogens is 1. The Morgan fingerprint density at radius 1 is 1.33 bits per heavy atom. The summed E-state index contributed by atoms with van der Waals surface area (Å²) in [7, 11) is 0. The maximum atomic E-state index is 12.8. The van der Waals surface area contributed by atoms with Gasteiger partial charge in [-0.15, -0.1) is 5.10 Å². The van der Waals surface area contributed by atoms with Crippen LogP contribution in [0.15, 0.2) is 24.3 Å². The minimum Gasteiger partial charge on any atom is -0.459 e. The van der Waals surface area contributed by atoms with E-state index < -0.39 is 5.97 Å². The third kappa shape index (κ3) is 2.70. The Balaban J connectivity index is 2.33. The molecule has 0 atom stereocenters. The molecule has 0 amide bonds. The Labute approximate surface area is 108 Å². The molecule has 1 aromatic carbocycles. The van der Waals surface area contributed by atoms with Gasteiger partial charge in [0, 0.05) is 5.56 Å². The molecule has 6 heteroatoms. The number of hydrogen-bond donors (Lipinski definition) is 0. The van der Waals surface area contributed by atoms with Crippen LogP contribution in [0.3, 0.4) is 0 Å². The van der Waals surface area contributed by atoms with E-state index in [4.69, 9.17) is 4.74 Å². The molecule has 1 heterocycles. The highest BCUT2D eigenvalue weighted by Crippen LogP contribution is 2.25. The maximum absolute atomic E-state index is 12.8. The average molecular weight is 266 g/mol. The lowest BCUT2D eigenvalue weighted by molar-refractivity contribution is 0.0384. The predicted octanol–water partition coefficient (Wildman–Crippen LogP) is 2.91.